The minimum absolute atomic E-state index is 0.0692. The van der Waals surface area contributed by atoms with Crippen LogP contribution in [-0.2, 0) is 19.0 Å². The Kier molecular flexibility index (Phi) is 5.77. The summed E-state index contributed by atoms with van der Waals surface area (Å²) in [7, 11) is -1.01. The molecular weight excluding hydrogens is 363 g/mol. The fraction of sp³-hybridized carbons (Fsp3) is 0.684. The van der Waals surface area contributed by atoms with Crippen LogP contribution in [0.25, 0.3) is 0 Å². The van der Waals surface area contributed by atoms with Gasteiger partial charge in [-0.25, -0.2) is 4.79 Å². The Morgan fingerprint density at radius 2 is 2.04 bits per heavy atom. The second kappa shape index (κ2) is 7.79. The number of nitrogens with zero attached hydrogens (tertiary/aromatic N) is 1. The quantitative estimate of drug-likeness (QED) is 0.366. The number of hydrogen-bond donors (Lipinski definition) is 3. The number of allylic oxidation sites excluding steroid dienone is 2. The number of hydrogen-bond acceptors (Lipinski definition) is 6. The van der Waals surface area contributed by atoms with E-state index in [0.29, 0.717) is 25.8 Å². The average molecular weight is 392 g/mol. The van der Waals surface area contributed by atoms with Crippen LogP contribution in [0.15, 0.2) is 22.7 Å². The van der Waals surface area contributed by atoms with Gasteiger partial charge in [0.15, 0.2) is 0 Å². The largest absolute Gasteiger partial charge is 0.535 e. The summed E-state index contributed by atoms with van der Waals surface area (Å²) in [5.74, 6) is -0.685. The maximum absolute atomic E-state index is 12.6. The van der Waals surface area contributed by atoms with Gasteiger partial charge in [0.25, 0.3) is 0 Å². The standard InChI is InChI=1S/C19H29BN2O6/c1-11-5-6-20(26)28-16(11)15(18(24)25)12(2)27-13-8-22(9-13)17(23)14-7-19(3,4)10-21-14/h13-14,21,26H,5-10H2,1-4H3,(H,24,25)/b15-12-/t14-/m0/s1. The van der Waals surface area contributed by atoms with Gasteiger partial charge in [0.05, 0.1) is 19.1 Å². The van der Waals surface area contributed by atoms with E-state index in [-0.39, 0.29) is 40.6 Å². The van der Waals surface area contributed by atoms with E-state index in [1.54, 1.807) is 18.7 Å². The number of likely N-dealkylation sites (tertiary alicyclic amines) is 1. The van der Waals surface area contributed by atoms with Gasteiger partial charge in [-0.05, 0) is 44.0 Å². The van der Waals surface area contributed by atoms with Crippen molar-refractivity contribution in [2.45, 2.75) is 59.0 Å². The van der Waals surface area contributed by atoms with Gasteiger partial charge in [-0.2, -0.15) is 0 Å². The third-order valence-corrected chi connectivity index (χ3v) is 5.59. The molecule has 0 spiro atoms. The molecule has 0 unspecified atom stereocenters. The molecule has 3 aliphatic heterocycles. The molecule has 3 rings (SSSR count). The number of rotatable bonds is 5. The van der Waals surface area contributed by atoms with Crippen molar-refractivity contribution in [3.05, 3.63) is 22.7 Å². The first-order chi connectivity index (χ1) is 13.1. The number of ether oxygens (including phenoxy) is 1. The maximum atomic E-state index is 12.6. The molecule has 1 amide bonds. The Morgan fingerprint density at radius 1 is 1.36 bits per heavy atom. The molecule has 8 nitrogen and oxygen atoms in total. The second-order valence-corrected chi connectivity index (χ2v) is 8.74. The molecule has 2 saturated heterocycles. The van der Waals surface area contributed by atoms with Crippen LogP contribution in [0.2, 0.25) is 6.32 Å². The molecule has 28 heavy (non-hydrogen) atoms. The van der Waals surface area contributed by atoms with E-state index < -0.39 is 13.1 Å². The molecule has 1 atom stereocenters. The number of carbonyl (C=O) groups excluding carboxylic acids is 1. The molecule has 0 radical (unpaired) electrons. The predicted octanol–water partition coefficient (Wildman–Crippen LogP) is 1.14. The fourth-order valence-corrected chi connectivity index (χ4v) is 3.92. The van der Waals surface area contributed by atoms with E-state index in [1.807, 2.05) is 0 Å². The summed E-state index contributed by atoms with van der Waals surface area (Å²) in [4.78, 5) is 26.1. The molecule has 3 heterocycles. The average Bonchev–Trinajstić information content (AvgIpc) is 2.93. The minimum atomic E-state index is -1.16. The van der Waals surface area contributed by atoms with Crippen LogP contribution >= 0.6 is 0 Å². The summed E-state index contributed by atoms with van der Waals surface area (Å²) in [6.07, 6.45) is 1.57. The van der Waals surface area contributed by atoms with Gasteiger partial charge < -0.3 is 29.7 Å². The van der Waals surface area contributed by atoms with Crippen molar-refractivity contribution >= 4 is 19.0 Å². The zero-order valence-corrected chi connectivity index (χ0v) is 16.9. The Balaban J connectivity index is 1.62. The summed E-state index contributed by atoms with van der Waals surface area (Å²) in [6, 6.07) is -0.160. The molecule has 0 bridgehead atoms. The van der Waals surface area contributed by atoms with Gasteiger partial charge in [0, 0.05) is 6.54 Å². The molecule has 0 aromatic heterocycles. The van der Waals surface area contributed by atoms with Crippen molar-refractivity contribution in [3.63, 3.8) is 0 Å². The first-order valence-corrected chi connectivity index (χ1v) is 9.75. The van der Waals surface area contributed by atoms with Crippen LogP contribution in [0.4, 0.5) is 0 Å². The Morgan fingerprint density at radius 3 is 2.61 bits per heavy atom. The lowest BCUT2D eigenvalue weighted by Crippen LogP contribution is -2.58. The molecule has 2 fully saturated rings. The van der Waals surface area contributed by atoms with Gasteiger partial charge in [-0.15, -0.1) is 0 Å². The van der Waals surface area contributed by atoms with Crippen molar-refractivity contribution in [3.8, 4) is 0 Å². The van der Waals surface area contributed by atoms with Crippen molar-refractivity contribution < 1.29 is 29.1 Å². The van der Waals surface area contributed by atoms with Crippen molar-refractivity contribution in [2.75, 3.05) is 19.6 Å². The van der Waals surface area contributed by atoms with Crippen LogP contribution in [-0.4, -0.2) is 65.8 Å². The molecule has 9 heteroatoms. The normalized spacial score (nSPS) is 25.8. The van der Waals surface area contributed by atoms with E-state index in [1.165, 1.54) is 0 Å². The molecular formula is C19H29BN2O6. The van der Waals surface area contributed by atoms with Crippen LogP contribution in [0.3, 0.4) is 0 Å². The Labute approximate surface area is 165 Å². The highest BCUT2D eigenvalue weighted by Crippen LogP contribution is 2.31. The molecule has 0 saturated carbocycles. The zero-order chi connectivity index (χ0) is 20.6. The lowest BCUT2D eigenvalue weighted by Gasteiger charge is -2.40. The number of amides is 1. The zero-order valence-electron chi connectivity index (χ0n) is 16.9. The van der Waals surface area contributed by atoms with E-state index in [9.17, 15) is 19.7 Å². The molecule has 0 aromatic carbocycles. The Hall–Kier alpha value is -2.00. The first kappa shape index (κ1) is 20.7. The first-order valence-electron chi connectivity index (χ1n) is 9.75. The van der Waals surface area contributed by atoms with Crippen LogP contribution in [0.5, 0.6) is 0 Å². The topological polar surface area (TPSA) is 108 Å². The number of carbonyl (C=O) groups is 2. The van der Waals surface area contributed by atoms with Crippen LogP contribution in [0.1, 0.15) is 40.5 Å². The molecule has 3 aliphatic rings. The fourth-order valence-electron chi connectivity index (χ4n) is 3.92. The summed E-state index contributed by atoms with van der Waals surface area (Å²) < 4.78 is 11.2. The third kappa shape index (κ3) is 4.36. The number of carboxylic acid groups (broad SMARTS) is 1. The smallest absolute Gasteiger partial charge is 0.522 e. The van der Waals surface area contributed by atoms with Crippen molar-refractivity contribution in [1.82, 2.24) is 10.2 Å². The monoisotopic (exact) mass is 392 g/mol. The summed E-state index contributed by atoms with van der Waals surface area (Å²) in [5, 5.41) is 22.6. The van der Waals surface area contributed by atoms with E-state index in [0.717, 1.165) is 18.5 Å². The second-order valence-electron chi connectivity index (χ2n) is 8.74. The molecule has 3 N–H and O–H groups in total. The van der Waals surface area contributed by atoms with E-state index in [4.69, 9.17) is 9.39 Å². The van der Waals surface area contributed by atoms with Gasteiger partial charge in [0.2, 0.25) is 5.91 Å². The highest BCUT2D eigenvalue weighted by molar-refractivity contribution is 6.43. The molecule has 154 valence electrons. The molecule has 0 aromatic rings. The Bertz CT molecular complexity index is 726. The highest BCUT2D eigenvalue weighted by Gasteiger charge is 2.41. The van der Waals surface area contributed by atoms with Gasteiger partial charge >= 0.3 is 13.1 Å². The lowest BCUT2D eigenvalue weighted by atomic mass is 9.78. The third-order valence-electron chi connectivity index (χ3n) is 5.59. The number of carboxylic acids is 1. The highest BCUT2D eigenvalue weighted by atomic mass is 16.5. The van der Waals surface area contributed by atoms with Gasteiger partial charge in [0.1, 0.15) is 23.2 Å². The summed E-state index contributed by atoms with van der Waals surface area (Å²) in [6.45, 7) is 9.33. The lowest BCUT2D eigenvalue weighted by molar-refractivity contribution is -0.145. The van der Waals surface area contributed by atoms with Crippen LogP contribution < -0.4 is 5.32 Å². The van der Waals surface area contributed by atoms with Gasteiger partial charge in [-0.1, -0.05) is 13.8 Å². The van der Waals surface area contributed by atoms with Gasteiger partial charge in [-0.3, -0.25) is 4.79 Å². The summed E-state index contributed by atoms with van der Waals surface area (Å²) in [5.41, 5.74) is 0.818. The van der Waals surface area contributed by atoms with E-state index in [2.05, 4.69) is 19.2 Å². The van der Waals surface area contributed by atoms with Crippen LogP contribution in [0, 0.1) is 5.41 Å². The minimum Gasteiger partial charge on any atom is -0.535 e. The summed E-state index contributed by atoms with van der Waals surface area (Å²) >= 11 is 0. The van der Waals surface area contributed by atoms with E-state index >= 15 is 0 Å². The number of aliphatic carboxylic acids is 1. The maximum Gasteiger partial charge on any atom is 0.522 e. The van der Waals surface area contributed by atoms with Crippen molar-refractivity contribution in [1.29, 1.82) is 0 Å². The molecule has 0 aliphatic carbocycles. The van der Waals surface area contributed by atoms with Crippen molar-refractivity contribution in [2.24, 2.45) is 5.41 Å². The predicted molar refractivity (Wildman–Crippen MR) is 103 cm³/mol. The SMILES string of the molecule is CC1=C(/C(C(=O)O)=C(\C)OC2CN(C(=O)[C@@H]3CC(C)(C)CN3)C2)OB(O)CC1. The number of nitrogens with one attached hydrogen (secondary N) is 1.